The van der Waals surface area contributed by atoms with Gasteiger partial charge >= 0.3 is 0 Å². The number of benzene rings is 4. The van der Waals surface area contributed by atoms with Crippen LogP contribution in [0.2, 0.25) is 0 Å². The van der Waals surface area contributed by atoms with Crippen molar-refractivity contribution in [3.63, 3.8) is 0 Å². The van der Waals surface area contributed by atoms with Gasteiger partial charge in [0, 0.05) is 11.8 Å². The van der Waals surface area contributed by atoms with Crippen LogP contribution in [0.15, 0.2) is 126 Å². The van der Waals surface area contributed by atoms with Crippen molar-refractivity contribution in [2.75, 3.05) is 6.61 Å². The Balaban J connectivity index is 1.84. The molecule has 0 aliphatic rings. The van der Waals surface area contributed by atoms with Gasteiger partial charge in [0.15, 0.2) is 0 Å². The Morgan fingerprint density at radius 2 is 1.29 bits per heavy atom. The van der Waals surface area contributed by atoms with Gasteiger partial charge in [-0.05, 0) is 35.7 Å². The molecule has 0 aliphatic heterocycles. The molecule has 0 aliphatic carbocycles. The van der Waals surface area contributed by atoms with Crippen LogP contribution in [0.1, 0.15) is 34.1 Å². The summed E-state index contributed by atoms with van der Waals surface area (Å²) < 4.78 is 29.5. The number of hydrogen-bond acceptors (Lipinski definition) is 3. The Morgan fingerprint density at radius 3 is 1.83 bits per heavy atom. The van der Waals surface area contributed by atoms with E-state index >= 15 is 0 Å². The first-order valence-electron chi connectivity index (χ1n) is 11.6. The first-order chi connectivity index (χ1) is 17.0. The van der Waals surface area contributed by atoms with Crippen LogP contribution in [0, 0.1) is 6.92 Å². The van der Waals surface area contributed by atoms with Gasteiger partial charge in [0.1, 0.15) is 0 Å². The average Bonchev–Trinajstić information content (AvgIpc) is 2.90. The number of hydrogen-bond donors (Lipinski definition) is 2. The van der Waals surface area contributed by atoms with Gasteiger partial charge in [0.2, 0.25) is 0 Å². The summed E-state index contributed by atoms with van der Waals surface area (Å²) in [5.41, 5.74) is 4.16. The highest BCUT2D eigenvalue weighted by atomic mass is 32.2. The molecule has 2 atom stereocenters. The number of rotatable bonds is 9. The zero-order valence-electron chi connectivity index (χ0n) is 19.6. The third kappa shape index (κ3) is 6.07. The predicted molar refractivity (Wildman–Crippen MR) is 141 cm³/mol. The zero-order chi connectivity index (χ0) is 24.7. The molecular formula is C30H29NO3S. The second kappa shape index (κ2) is 11.2. The van der Waals surface area contributed by atoms with E-state index in [-0.39, 0.29) is 23.3 Å². The minimum atomic E-state index is -3.83. The van der Waals surface area contributed by atoms with Crippen LogP contribution in [0.3, 0.4) is 0 Å². The molecule has 0 saturated carbocycles. The summed E-state index contributed by atoms with van der Waals surface area (Å²) in [6.07, 6.45) is 1.92. The van der Waals surface area contributed by atoms with E-state index in [0.29, 0.717) is 5.70 Å². The van der Waals surface area contributed by atoms with E-state index < -0.39 is 10.0 Å². The van der Waals surface area contributed by atoms with Gasteiger partial charge < -0.3 is 5.11 Å². The van der Waals surface area contributed by atoms with Crippen molar-refractivity contribution >= 4 is 15.7 Å². The fourth-order valence-corrected chi connectivity index (χ4v) is 5.24. The Kier molecular flexibility index (Phi) is 7.80. The van der Waals surface area contributed by atoms with Crippen LogP contribution in [-0.2, 0) is 10.0 Å². The Morgan fingerprint density at radius 1 is 0.771 bits per heavy atom. The molecule has 0 radical (unpaired) electrons. The molecule has 5 heteroatoms. The first kappa shape index (κ1) is 24.5. The fourth-order valence-electron chi connectivity index (χ4n) is 4.15. The number of aliphatic hydroxyl groups is 1. The van der Waals surface area contributed by atoms with Crippen LogP contribution in [0.5, 0.6) is 0 Å². The molecule has 178 valence electrons. The first-order valence-corrected chi connectivity index (χ1v) is 13.0. The summed E-state index contributed by atoms with van der Waals surface area (Å²) in [7, 11) is -3.83. The average molecular weight is 484 g/mol. The van der Waals surface area contributed by atoms with Gasteiger partial charge in [-0.15, -0.1) is 0 Å². The molecule has 4 aromatic rings. The molecule has 0 fully saturated rings. The molecule has 0 saturated heterocycles. The van der Waals surface area contributed by atoms with E-state index in [1.165, 1.54) is 0 Å². The van der Waals surface area contributed by atoms with Crippen molar-refractivity contribution in [1.29, 1.82) is 0 Å². The van der Waals surface area contributed by atoms with Gasteiger partial charge in [-0.2, -0.15) is 0 Å². The summed E-state index contributed by atoms with van der Waals surface area (Å²) in [5.74, 6) is -0.541. The van der Waals surface area contributed by atoms with Crippen LogP contribution in [-0.4, -0.2) is 20.1 Å². The molecule has 0 amide bonds. The molecular weight excluding hydrogens is 454 g/mol. The second-order valence-electron chi connectivity index (χ2n) is 8.50. The fraction of sp³-hybridized carbons (Fsp3) is 0.133. The molecule has 0 bridgehead atoms. The largest absolute Gasteiger partial charge is 0.396 e. The Hall–Kier alpha value is -3.67. The van der Waals surface area contributed by atoms with Crippen molar-refractivity contribution in [2.45, 2.75) is 23.7 Å². The van der Waals surface area contributed by atoms with Crippen molar-refractivity contribution in [2.24, 2.45) is 0 Å². The smallest absolute Gasteiger partial charge is 0.261 e. The van der Waals surface area contributed by atoms with Gasteiger partial charge in [0.25, 0.3) is 10.0 Å². The lowest BCUT2D eigenvalue weighted by Gasteiger charge is -2.26. The lowest BCUT2D eigenvalue weighted by Crippen LogP contribution is -2.24. The van der Waals surface area contributed by atoms with Crippen molar-refractivity contribution < 1.29 is 13.5 Å². The number of nitrogens with one attached hydrogen (secondary N) is 1. The summed E-state index contributed by atoms with van der Waals surface area (Å²) in [6, 6.07) is 35.8. The molecule has 4 rings (SSSR count). The molecule has 4 aromatic carbocycles. The highest BCUT2D eigenvalue weighted by molar-refractivity contribution is 7.89. The van der Waals surface area contributed by atoms with Gasteiger partial charge in [-0.1, -0.05) is 115 Å². The molecule has 35 heavy (non-hydrogen) atoms. The normalized spacial score (nSPS) is 13.7. The van der Waals surface area contributed by atoms with Gasteiger partial charge in [-0.3, -0.25) is 4.72 Å². The maximum atomic E-state index is 13.4. The summed E-state index contributed by atoms with van der Waals surface area (Å²) in [5, 5.41) is 10.5. The van der Waals surface area contributed by atoms with Crippen molar-refractivity contribution in [3.05, 3.63) is 144 Å². The number of allylic oxidation sites excluding steroid dienone is 1. The van der Waals surface area contributed by atoms with Crippen molar-refractivity contribution in [1.82, 2.24) is 4.72 Å². The lowest BCUT2D eigenvalue weighted by molar-refractivity contribution is 0.256. The van der Waals surface area contributed by atoms with Crippen LogP contribution < -0.4 is 4.72 Å². The number of aryl methyl sites for hydroxylation is 1. The third-order valence-electron chi connectivity index (χ3n) is 6.05. The maximum absolute atomic E-state index is 13.4. The SMILES string of the molecule is Cc1ccc(S(=O)(=O)N/C(=C\[C@@H](c2ccccc2)[C@@H](CO)c2ccccc2)c2ccccc2)cc1. The quantitative estimate of drug-likeness (QED) is 0.313. The summed E-state index contributed by atoms with van der Waals surface area (Å²) in [4.78, 5) is 0.197. The van der Waals surface area contributed by atoms with Crippen LogP contribution in [0.25, 0.3) is 5.70 Å². The van der Waals surface area contributed by atoms with E-state index in [9.17, 15) is 13.5 Å². The van der Waals surface area contributed by atoms with E-state index in [0.717, 1.165) is 22.3 Å². The monoisotopic (exact) mass is 483 g/mol. The minimum absolute atomic E-state index is 0.0904. The lowest BCUT2D eigenvalue weighted by atomic mass is 9.81. The van der Waals surface area contributed by atoms with Crippen LogP contribution >= 0.6 is 0 Å². The predicted octanol–water partition coefficient (Wildman–Crippen LogP) is 5.87. The Labute approximate surface area is 207 Å². The van der Waals surface area contributed by atoms with E-state index in [1.807, 2.05) is 104 Å². The molecule has 0 unspecified atom stereocenters. The third-order valence-corrected chi connectivity index (χ3v) is 7.43. The van der Waals surface area contributed by atoms with Crippen LogP contribution in [0.4, 0.5) is 0 Å². The maximum Gasteiger partial charge on any atom is 0.261 e. The van der Waals surface area contributed by atoms with E-state index in [1.54, 1.807) is 24.3 Å². The van der Waals surface area contributed by atoms with E-state index in [4.69, 9.17) is 0 Å². The zero-order valence-corrected chi connectivity index (χ0v) is 20.4. The Bertz CT molecular complexity index is 1350. The summed E-state index contributed by atoms with van der Waals surface area (Å²) >= 11 is 0. The highest BCUT2D eigenvalue weighted by Crippen LogP contribution is 2.36. The number of aliphatic hydroxyl groups excluding tert-OH is 1. The topological polar surface area (TPSA) is 66.4 Å². The second-order valence-corrected chi connectivity index (χ2v) is 10.2. The van der Waals surface area contributed by atoms with Crippen molar-refractivity contribution in [3.8, 4) is 0 Å². The molecule has 2 N–H and O–H groups in total. The van der Waals surface area contributed by atoms with Gasteiger partial charge in [-0.25, -0.2) is 8.42 Å². The highest BCUT2D eigenvalue weighted by Gasteiger charge is 2.25. The standard InChI is InChI=1S/C30H29NO3S/c1-23-17-19-27(20-18-23)35(33,34)31-30(26-15-9-4-10-16-26)21-28(24-11-5-2-6-12-24)29(22-32)25-13-7-3-8-14-25/h2-21,28-29,31-32H,22H2,1H3/b30-21-/t28-,29-/m0/s1. The molecule has 0 heterocycles. The minimum Gasteiger partial charge on any atom is -0.396 e. The van der Waals surface area contributed by atoms with E-state index in [2.05, 4.69) is 4.72 Å². The molecule has 4 nitrogen and oxygen atoms in total. The molecule has 0 spiro atoms. The molecule has 0 aromatic heterocycles. The van der Waals surface area contributed by atoms with Gasteiger partial charge in [0.05, 0.1) is 17.2 Å². The summed E-state index contributed by atoms with van der Waals surface area (Å²) in [6.45, 7) is 1.83. The number of sulfonamides is 1.